The number of carbonyl (C=O) groups is 10. The van der Waals surface area contributed by atoms with E-state index in [1.54, 1.807) is 42.9 Å². The molecule has 3 aromatic carbocycles. The number of likely N-dealkylation sites (tertiary alicyclic amines) is 1. The van der Waals surface area contributed by atoms with Gasteiger partial charge in [0.2, 0.25) is 59.1 Å². The van der Waals surface area contributed by atoms with Gasteiger partial charge in [-0.25, -0.2) is 0 Å². The highest BCUT2D eigenvalue weighted by Crippen LogP contribution is 2.25. The van der Waals surface area contributed by atoms with Gasteiger partial charge in [-0.15, -0.1) is 0 Å². The van der Waals surface area contributed by atoms with Crippen LogP contribution in [0.15, 0.2) is 91.4 Å². The molecule has 4 heterocycles. The van der Waals surface area contributed by atoms with E-state index in [1.807, 2.05) is 48.5 Å². The van der Waals surface area contributed by atoms with Crippen LogP contribution in [0.1, 0.15) is 62.1 Å². The normalized spacial score (nSPS) is 15.4. The number of rotatable bonds is 28. The summed E-state index contributed by atoms with van der Waals surface area (Å²) in [7, 11) is 0. The molecule has 0 spiro atoms. The van der Waals surface area contributed by atoms with Crippen molar-refractivity contribution in [3.63, 3.8) is 0 Å². The number of aromatic nitrogens is 3. The Morgan fingerprint density at radius 1 is 0.575 bits per heavy atom. The number of aromatic amines is 3. The van der Waals surface area contributed by atoms with E-state index in [0.717, 1.165) is 28.7 Å². The topological polar surface area (TPSA) is 404 Å². The number of hydrogen-bond donors (Lipinski definition) is 14. The average molecular weight is 1100 g/mol. The highest BCUT2D eigenvalue weighted by atomic mass is 16.3. The molecule has 3 aromatic heterocycles. The summed E-state index contributed by atoms with van der Waals surface area (Å²) in [6.07, 6.45) is 5.41. The number of primary amides is 2. The number of nitrogens with two attached hydrogens (primary N) is 3. The molecule has 10 amide bonds. The summed E-state index contributed by atoms with van der Waals surface area (Å²) in [4.78, 5) is 147. The minimum Gasteiger partial charge on any atom is -0.394 e. The predicted molar refractivity (Wildman–Crippen MR) is 294 cm³/mol. The third-order valence-corrected chi connectivity index (χ3v) is 13.9. The Kier molecular flexibility index (Phi) is 20.1. The van der Waals surface area contributed by atoms with Crippen LogP contribution in [0.5, 0.6) is 0 Å². The van der Waals surface area contributed by atoms with Crippen molar-refractivity contribution in [1.82, 2.24) is 57.1 Å². The van der Waals surface area contributed by atoms with Crippen LogP contribution in [-0.4, -0.2) is 153 Å². The first-order chi connectivity index (χ1) is 38.4. The SMILES string of the molecule is CC(=O)N[C@@H](CO)C(=O)N[C@@H](CC(N)=O)C(=O)N[C@@H](Cc1c[nH]c2ccccc12)C(=O)N[C@@H](CCCCN)C(=O)N[C@@H](Cc1c[nH]c2ccccc12)C(=O)N[C@@H](Cc1c[nH]c2ccccc12)C(=O)N1CCC[C@H]1C(=O)NCC(N)=O. The molecule has 1 aliphatic heterocycles. The fourth-order valence-corrected chi connectivity index (χ4v) is 9.95. The van der Waals surface area contributed by atoms with E-state index in [0.29, 0.717) is 46.9 Å². The van der Waals surface area contributed by atoms with Crippen molar-refractivity contribution in [1.29, 1.82) is 0 Å². The molecule has 80 heavy (non-hydrogen) atoms. The maximum atomic E-state index is 15.1. The fourth-order valence-electron chi connectivity index (χ4n) is 9.95. The van der Waals surface area contributed by atoms with E-state index >= 15 is 4.79 Å². The van der Waals surface area contributed by atoms with Crippen LogP contribution < -0.4 is 54.4 Å². The van der Waals surface area contributed by atoms with Gasteiger partial charge in [-0.2, -0.15) is 0 Å². The molecule has 424 valence electrons. The van der Waals surface area contributed by atoms with Crippen molar-refractivity contribution < 1.29 is 53.1 Å². The minimum atomic E-state index is -1.70. The molecule has 0 aliphatic carbocycles. The van der Waals surface area contributed by atoms with Crippen LogP contribution >= 0.6 is 0 Å². The standard InChI is InChI=1S/C55H68N14O11/c1-30(71)63-45(29-70)53(78)67-43(24-47(57)72)52(77)66-41(21-31-25-59-37-14-5-2-11-34(31)37)50(75)64-40(17-8-9-19-56)49(74)65-42(22-32-26-60-38-15-6-3-12-35(32)38)51(76)68-44(23-33-27-61-39-16-7-4-13-36(33)39)55(80)69-20-10-18-46(69)54(79)62-28-48(58)73/h2-7,11-16,25-27,40-46,59-61,70H,8-10,17-24,28-29,56H2,1H3,(H2,57,72)(H2,58,73)(H,62,79)(H,63,71)(H,64,75)(H,65,74)(H,66,77)(H,67,78)(H,68,76)/t40-,41-,42-,43-,44-,45-,46-/m0/s1. The second kappa shape index (κ2) is 27.5. The number of amides is 10. The quantitative estimate of drug-likeness (QED) is 0.0255. The molecule has 1 aliphatic rings. The minimum absolute atomic E-state index is 0.00809. The molecule has 17 N–H and O–H groups in total. The molecular weight excluding hydrogens is 1030 g/mol. The molecule has 0 bridgehead atoms. The lowest BCUT2D eigenvalue weighted by atomic mass is 10.00. The zero-order valence-corrected chi connectivity index (χ0v) is 44.1. The Morgan fingerprint density at radius 2 is 1.01 bits per heavy atom. The van der Waals surface area contributed by atoms with Gasteiger partial charge in [0, 0.05) is 84.0 Å². The summed E-state index contributed by atoms with van der Waals surface area (Å²) >= 11 is 0. The lowest BCUT2D eigenvalue weighted by Crippen LogP contribution is -2.61. The lowest BCUT2D eigenvalue weighted by Gasteiger charge is -2.30. The van der Waals surface area contributed by atoms with Crippen molar-refractivity contribution in [3.05, 3.63) is 108 Å². The summed E-state index contributed by atoms with van der Waals surface area (Å²) in [5.74, 6) is -8.17. The van der Waals surface area contributed by atoms with Crippen LogP contribution in [0.2, 0.25) is 0 Å². The zero-order valence-electron chi connectivity index (χ0n) is 44.1. The smallest absolute Gasteiger partial charge is 0.246 e. The van der Waals surface area contributed by atoms with Crippen molar-refractivity contribution in [2.75, 3.05) is 26.2 Å². The van der Waals surface area contributed by atoms with Crippen LogP contribution in [0.25, 0.3) is 32.7 Å². The molecular formula is C55H68N14O11. The second-order valence-electron chi connectivity index (χ2n) is 19.8. The Bertz CT molecular complexity index is 3240. The van der Waals surface area contributed by atoms with E-state index in [2.05, 4.69) is 52.2 Å². The van der Waals surface area contributed by atoms with Gasteiger partial charge < -0.3 is 79.4 Å². The number of para-hydroxylation sites is 3. The predicted octanol–water partition coefficient (Wildman–Crippen LogP) is -1.32. The Morgan fingerprint density at radius 3 is 1.49 bits per heavy atom. The molecule has 0 unspecified atom stereocenters. The number of hydrogen-bond acceptors (Lipinski definition) is 12. The summed E-state index contributed by atoms with van der Waals surface area (Å²) in [6, 6.07) is 12.1. The summed E-state index contributed by atoms with van der Waals surface area (Å²) in [5, 5.41) is 30.3. The van der Waals surface area contributed by atoms with Crippen molar-refractivity contribution in [3.8, 4) is 0 Å². The van der Waals surface area contributed by atoms with Crippen molar-refractivity contribution in [2.45, 2.75) is 107 Å². The van der Waals surface area contributed by atoms with Crippen LogP contribution in [-0.2, 0) is 67.2 Å². The highest BCUT2D eigenvalue weighted by molar-refractivity contribution is 6.00. The van der Waals surface area contributed by atoms with Crippen LogP contribution in [0.3, 0.4) is 0 Å². The maximum absolute atomic E-state index is 15.1. The largest absolute Gasteiger partial charge is 0.394 e. The number of nitrogens with one attached hydrogen (secondary N) is 10. The van der Waals surface area contributed by atoms with Crippen molar-refractivity contribution >= 4 is 91.8 Å². The number of unbranched alkanes of at least 4 members (excludes halogenated alkanes) is 1. The number of nitrogens with zero attached hydrogens (tertiary/aromatic N) is 1. The van der Waals surface area contributed by atoms with Crippen molar-refractivity contribution in [2.24, 2.45) is 17.2 Å². The number of benzene rings is 3. The molecule has 7 atom stereocenters. The van der Waals surface area contributed by atoms with Crippen LogP contribution in [0.4, 0.5) is 0 Å². The first kappa shape index (κ1) is 58.6. The van der Waals surface area contributed by atoms with Gasteiger partial charge in [0.05, 0.1) is 19.6 Å². The Balaban J connectivity index is 1.20. The zero-order chi connectivity index (χ0) is 57.5. The molecule has 25 nitrogen and oxygen atoms in total. The Hall–Kier alpha value is -9.10. The fraction of sp³-hybridized carbons (Fsp3) is 0.382. The number of aliphatic hydroxyl groups is 1. The van der Waals surface area contributed by atoms with Gasteiger partial charge in [0.1, 0.15) is 42.3 Å². The molecule has 1 fully saturated rings. The number of fused-ring (bicyclic) bond motifs is 3. The first-order valence-electron chi connectivity index (χ1n) is 26.3. The number of carbonyl (C=O) groups excluding carboxylic acids is 10. The third-order valence-electron chi connectivity index (χ3n) is 13.9. The Labute approximate surface area is 459 Å². The molecule has 7 rings (SSSR count). The van der Waals surface area contributed by atoms with Crippen LogP contribution in [0, 0.1) is 0 Å². The highest BCUT2D eigenvalue weighted by Gasteiger charge is 2.40. The van der Waals surface area contributed by atoms with Gasteiger partial charge in [-0.1, -0.05) is 54.6 Å². The lowest BCUT2D eigenvalue weighted by molar-refractivity contribution is -0.142. The van der Waals surface area contributed by atoms with E-state index in [9.17, 15) is 48.3 Å². The van der Waals surface area contributed by atoms with Gasteiger partial charge in [0.25, 0.3) is 0 Å². The van der Waals surface area contributed by atoms with E-state index in [4.69, 9.17) is 17.2 Å². The second-order valence-corrected chi connectivity index (χ2v) is 19.8. The molecule has 1 saturated heterocycles. The molecule has 0 saturated carbocycles. The van der Waals surface area contributed by atoms with E-state index in [-0.39, 0.29) is 45.2 Å². The van der Waals surface area contributed by atoms with Gasteiger partial charge in [-0.3, -0.25) is 47.9 Å². The van der Waals surface area contributed by atoms with Gasteiger partial charge in [0.15, 0.2) is 0 Å². The van der Waals surface area contributed by atoms with Gasteiger partial charge in [-0.05, 0) is 73.5 Å². The first-order valence-corrected chi connectivity index (χ1v) is 26.3. The summed E-state index contributed by atoms with van der Waals surface area (Å²) in [6.45, 7) is 0.205. The van der Waals surface area contributed by atoms with E-state index < -0.39 is 121 Å². The van der Waals surface area contributed by atoms with Gasteiger partial charge >= 0.3 is 0 Å². The summed E-state index contributed by atoms with van der Waals surface area (Å²) < 4.78 is 0. The molecule has 25 heteroatoms. The monoisotopic (exact) mass is 1100 g/mol. The number of aliphatic hydroxyl groups excluding tert-OH is 1. The molecule has 6 aromatic rings. The average Bonchev–Trinajstić information content (AvgIpc) is 4.29. The maximum Gasteiger partial charge on any atom is 0.246 e. The third kappa shape index (κ3) is 15.1. The number of H-pyrrole nitrogens is 3. The molecule has 0 radical (unpaired) electrons. The van der Waals surface area contributed by atoms with E-state index in [1.165, 1.54) is 4.90 Å². The summed E-state index contributed by atoms with van der Waals surface area (Å²) in [5.41, 5.74) is 20.8.